The van der Waals surface area contributed by atoms with E-state index < -0.39 is 11.9 Å². The molecule has 0 aliphatic rings. The van der Waals surface area contributed by atoms with Crippen LogP contribution in [0.5, 0.6) is 0 Å². The average molecular weight is 694 g/mol. The molecular formula is C14H28Hg2O6. The normalized spacial score (nSPS) is 12.2. The fourth-order valence-corrected chi connectivity index (χ4v) is 5.48. The van der Waals surface area contributed by atoms with Crippen molar-refractivity contribution in [3.05, 3.63) is 0 Å². The number of carboxylic acids is 2. The van der Waals surface area contributed by atoms with E-state index in [-0.39, 0.29) is 0 Å². The van der Waals surface area contributed by atoms with Gasteiger partial charge in [-0.1, -0.05) is 0 Å². The molecule has 0 aliphatic carbocycles. The summed E-state index contributed by atoms with van der Waals surface area (Å²) in [5.41, 5.74) is 0. The number of rotatable bonds is 9. The van der Waals surface area contributed by atoms with E-state index >= 15 is 0 Å². The van der Waals surface area contributed by atoms with E-state index in [0.717, 1.165) is 92.1 Å². The van der Waals surface area contributed by atoms with E-state index in [2.05, 4.69) is 13.8 Å². The summed E-state index contributed by atoms with van der Waals surface area (Å²) >= 11 is 1.66. The van der Waals surface area contributed by atoms with Crippen molar-refractivity contribution in [1.29, 1.82) is 0 Å². The monoisotopic (exact) mass is 696 g/mol. The van der Waals surface area contributed by atoms with Crippen molar-refractivity contribution in [2.45, 2.75) is 60.6 Å². The van der Waals surface area contributed by atoms with Crippen molar-refractivity contribution in [2.24, 2.45) is 0 Å². The second kappa shape index (κ2) is 21.7. The molecule has 0 aliphatic heterocycles. The minimum absolute atomic E-state index is 0.419. The van der Waals surface area contributed by atoms with Crippen LogP contribution in [0.3, 0.4) is 0 Å². The Labute approximate surface area is 166 Å². The standard InChI is InChI=1S/C10H20O2.2C2H4O2.2Hg/c1-5-7-11-9(3)10(4)12-8-6-2;2*1-2(3)4;;/h9-10H,3-8H2,1-2H3;2*1H3,(H,3,4);;. The van der Waals surface area contributed by atoms with Crippen molar-refractivity contribution in [3.63, 3.8) is 0 Å². The molecule has 2 N–H and O–H groups in total. The summed E-state index contributed by atoms with van der Waals surface area (Å²) in [6.45, 7) is 8.31. The molecule has 0 amide bonds. The Bertz CT molecular complexity index is 230. The second-order valence-corrected chi connectivity index (χ2v) is 8.92. The van der Waals surface area contributed by atoms with Gasteiger partial charge in [0.05, 0.1) is 0 Å². The van der Waals surface area contributed by atoms with Crippen molar-refractivity contribution in [3.8, 4) is 0 Å². The number of aliphatic carboxylic acids is 2. The molecule has 6 nitrogen and oxygen atoms in total. The topological polar surface area (TPSA) is 93.1 Å². The Morgan fingerprint density at radius 2 is 1.09 bits per heavy atom. The molecule has 0 rings (SSSR count). The molecule has 2 unspecified atom stereocenters. The summed E-state index contributed by atoms with van der Waals surface area (Å²) in [5, 5.41) is 14.8. The summed E-state index contributed by atoms with van der Waals surface area (Å²) in [6.07, 6.45) is 3.08. The Kier molecular flexibility index (Phi) is 27.2. The van der Waals surface area contributed by atoms with Crippen LogP contribution in [0.25, 0.3) is 0 Å². The van der Waals surface area contributed by atoms with E-state index in [1.165, 1.54) is 7.86 Å². The van der Waals surface area contributed by atoms with E-state index in [1.54, 1.807) is 0 Å². The zero-order chi connectivity index (χ0) is 18.0. The Balaban J connectivity index is -0.000000372. The van der Waals surface area contributed by atoms with Crippen molar-refractivity contribution in [1.82, 2.24) is 0 Å². The molecule has 0 heterocycles. The number of ether oxygens (including phenoxy) is 2. The average Bonchev–Trinajstić information content (AvgIpc) is 2.41. The zero-order valence-corrected chi connectivity index (χ0v) is 25.3. The van der Waals surface area contributed by atoms with Crippen LogP contribution in [0.1, 0.15) is 40.5 Å². The van der Waals surface area contributed by atoms with E-state index in [4.69, 9.17) is 29.3 Å². The summed E-state index contributed by atoms with van der Waals surface area (Å²) < 4.78 is 14.2. The number of hydrogen-bond acceptors (Lipinski definition) is 4. The first-order valence-corrected chi connectivity index (χ1v) is 15.2. The van der Waals surface area contributed by atoms with E-state index in [1.807, 2.05) is 0 Å². The number of hydrogen-bond donors (Lipinski definition) is 2. The van der Waals surface area contributed by atoms with Crippen molar-refractivity contribution >= 4 is 11.9 Å². The van der Waals surface area contributed by atoms with Crippen LogP contribution in [0, 0.1) is 0 Å². The van der Waals surface area contributed by atoms with Gasteiger partial charge < -0.3 is 10.2 Å². The first kappa shape index (κ1) is 27.6. The quantitative estimate of drug-likeness (QED) is 0.361. The summed E-state index contributed by atoms with van der Waals surface area (Å²) in [5.74, 6) is -1.67. The third-order valence-corrected chi connectivity index (χ3v) is 6.48. The maximum absolute atomic E-state index is 9.00. The van der Waals surface area contributed by atoms with Gasteiger partial charge in [0, 0.05) is 13.8 Å². The Hall–Kier alpha value is 0.730. The Morgan fingerprint density at radius 3 is 1.23 bits per heavy atom. The number of carbonyl (C=O) groups is 2. The molecule has 0 aromatic carbocycles. The van der Waals surface area contributed by atoms with Gasteiger partial charge in [0.25, 0.3) is 11.9 Å². The fraction of sp³-hybridized carbons (Fsp3) is 0.857. The number of carboxylic acid groups (broad SMARTS) is 2. The van der Waals surface area contributed by atoms with Crippen LogP contribution in [0.15, 0.2) is 0 Å². The molecule has 0 saturated heterocycles. The van der Waals surface area contributed by atoms with Crippen LogP contribution >= 0.6 is 0 Å². The van der Waals surface area contributed by atoms with Crippen LogP contribution < -0.4 is 0 Å². The minimum atomic E-state index is -0.833. The molecule has 2 atom stereocenters. The van der Waals surface area contributed by atoms with Gasteiger partial charge >= 0.3 is 122 Å². The van der Waals surface area contributed by atoms with Crippen LogP contribution in [0.2, 0.25) is 7.86 Å². The SMILES string of the molecule is CC(=O)O.CC(=O)O.CCCOC([CH2][Hg])C([CH2][Hg])OCCC. The maximum atomic E-state index is 9.00. The molecule has 0 spiro atoms. The third-order valence-electron chi connectivity index (χ3n) is 2.06. The van der Waals surface area contributed by atoms with Gasteiger partial charge in [0.1, 0.15) is 0 Å². The van der Waals surface area contributed by atoms with Gasteiger partial charge in [-0.25, -0.2) is 0 Å². The predicted molar refractivity (Wildman–Crippen MR) is 76.3 cm³/mol. The van der Waals surface area contributed by atoms with Gasteiger partial charge in [-0.15, -0.1) is 0 Å². The van der Waals surface area contributed by atoms with Crippen LogP contribution in [-0.2, 0) is 71.3 Å². The van der Waals surface area contributed by atoms with Gasteiger partial charge in [-0.05, 0) is 0 Å². The summed E-state index contributed by atoms with van der Waals surface area (Å²) in [4.78, 5) is 18.0. The molecule has 0 bridgehead atoms. The van der Waals surface area contributed by atoms with Gasteiger partial charge in [0.2, 0.25) is 0 Å². The molecule has 0 aromatic rings. The van der Waals surface area contributed by atoms with E-state index in [9.17, 15) is 0 Å². The van der Waals surface area contributed by atoms with Gasteiger partial charge in [-0.2, -0.15) is 0 Å². The molecular weight excluding hydrogens is 665 g/mol. The van der Waals surface area contributed by atoms with Crippen molar-refractivity contribution < 1.29 is 81.5 Å². The molecule has 0 aromatic heterocycles. The van der Waals surface area contributed by atoms with Gasteiger partial charge in [-0.3, -0.25) is 9.59 Å². The molecule has 0 radical (unpaired) electrons. The van der Waals surface area contributed by atoms with Crippen LogP contribution in [0.4, 0.5) is 0 Å². The molecule has 8 heteroatoms. The second-order valence-electron chi connectivity index (χ2n) is 4.43. The first-order chi connectivity index (χ1) is 10.3. The molecule has 0 saturated carbocycles. The summed E-state index contributed by atoms with van der Waals surface area (Å²) in [6, 6.07) is 0. The predicted octanol–water partition coefficient (Wildman–Crippen LogP) is 2.69. The third kappa shape index (κ3) is 28.8. The molecule has 0 fully saturated rings. The zero-order valence-electron chi connectivity index (χ0n) is 14.3. The fourth-order valence-electron chi connectivity index (χ4n) is 1.29. The van der Waals surface area contributed by atoms with Crippen LogP contribution in [-0.4, -0.2) is 47.6 Å². The summed E-state index contributed by atoms with van der Waals surface area (Å²) in [7, 11) is 0. The molecule has 124 valence electrons. The molecule has 22 heavy (non-hydrogen) atoms. The van der Waals surface area contributed by atoms with E-state index in [0.29, 0.717) is 12.2 Å². The Morgan fingerprint density at radius 1 is 0.864 bits per heavy atom. The first-order valence-electron chi connectivity index (χ1n) is 7.47. The van der Waals surface area contributed by atoms with Gasteiger partial charge in [0.15, 0.2) is 0 Å². The van der Waals surface area contributed by atoms with Crippen molar-refractivity contribution in [2.75, 3.05) is 13.2 Å².